The van der Waals surface area contributed by atoms with Crippen molar-refractivity contribution in [3.63, 3.8) is 0 Å². The zero-order chi connectivity index (χ0) is 23.1. The predicted molar refractivity (Wildman–Crippen MR) is 126 cm³/mol. The van der Waals surface area contributed by atoms with E-state index >= 15 is 0 Å². The molecule has 7 heteroatoms. The van der Waals surface area contributed by atoms with Gasteiger partial charge in [0.05, 0.1) is 22.7 Å². The lowest BCUT2D eigenvalue weighted by Crippen LogP contribution is -2.58. The molecule has 3 heterocycles. The van der Waals surface area contributed by atoms with E-state index in [0.717, 1.165) is 55.5 Å². The fraction of sp³-hybridized carbons (Fsp3) is 0.720. The normalized spacial score (nSPS) is 33.3. The van der Waals surface area contributed by atoms with E-state index in [1.165, 1.54) is 0 Å². The number of anilines is 1. The number of fused-ring (bicyclic) bond motifs is 1. The Morgan fingerprint density at radius 2 is 1.69 bits per heavy atom. The molecule has 2 saturated heterocycles. The molecule has 1 aromatic carbocycles. The Kier molecular flexibility index (Phi) is 5.10. The van der Waals surface area contributed by atoms with Crippen LogP contribution in [0, 0.1) is 0 Å². The van der Waals surface area contributed by atoms with Gasteiger partial charge < -0.3 is 19.3 Å². The third-order valence-electron chi connectivity index (χ3n) is 8.63. The lowest BCUT2D eigenvalue weighted by Gasteiger charge is -2.48. The number of carbonyl (C=O) groups is 1. The number of rotatable bonds is 3. The molecular weight excluding hydrogens is 403 g/mol. The van der Waals surface area contributed by atoms with E-state index in [2.05, 4.69) is 50.8 Å². The van der Waals surface area contributed by atoms with Crippen LogP contribution in [-0.2, 0) is 19.5 Å². The molecule has 174 valence electrons. The molecular formula is C25H37BN2O4. The Morgan fingerprint density at radius 3 is 2.31 bits per heavy atom. The fourth-order valence-corrected chi connectivity index (χ4v) is 5.67. The summed E-state index contributed by atoms with van der Waals surface area (Å²) in [4.78, 5) is 18.0. The van der Waals surface area contributed by atoms with Gasteiger partial charge in [-0.2, -0.15) is 0 Å². The summed E-state index contributed by atoms with van der Waals surface area (Å²) in [6.45, 7) is 14.1. The van der Waals surface area contributed by atoms with E-state index in [1.54, 1.807) is 0 Å². The second-order valence-electron chi connectivity index (χ2n) is 11.7. The number of piperidine rings is 1. The first-order chi connectivity index (χ1) is 14.9. The molecule has 5 rings (SSSR count). The molecule has 0 unspecified atom stereocenters. The summed E-state index contributed by atoms with van der Waals surface area (Å²) in [6, 6.07) is 6.92. The van der Waals surface area contributed by atoms with Gasteiger partial charge >= 0.3 is 7.12 Å². The maximum Gasteiger partial charge on any atom is 0.494 e. The first-order valence-corrected chi connectivity index (χ1v) is 12.2. The lowest BCUT2D eigenvalue weighted by molar-refractivity contribution is -0.123. The van der Waals surface area contributed by atoms with Crippen molar-refractivity contribution < 1.29 is 19.2 Å². The highest BCUT2D eigenvalue weighted by atomic mass is 16.7. The highest BCUT2D eigenvalue weighted by Crippen LogP contribution is 2.46. The quantitative estimate of drug-likeness (QED) is 0.733. The van der Waals surface area contributed by atoms with Gasteiger partial charge in [-0.3, -0.25) is 9.69 Å². The second kappa shape index (κ2) is 7.30. The van der Waals surface area contributed by atoms with Gasteiger partial charge in [0.25, 0.3) is 0 Å². The molecule has 1 amide bonds. The molecule has 4 aliphatic rings. The topological polar surface area (TPSA) is 62.2 Å². The van der Waals surface area contributed by atoms with Crippen LogP contribution in [0.1, 0.15) is 72.8 Å². The summed E-state index contributed by atoms with van der Waals surface area (Å²) in [6.07, 6.45) is 3.68. The lowest BCUT2D eigenvalue weighted by atomic mass is 9.76. The van der Waals surface area contributed by atoms with Crippen LogP contribution in [0.2, 0.25) is 0 Å². The molecule has 3 aliphatic heterocycles. The molecule has 0 spiro atoms. The van der Waals surface area contributed by atoms with Crippen LogP contribution < -0.4 is 10.4 Å². The minimum Gasteiger partial charge on any atom is -0.399 e. The summed E-state index contributed by atoms with van der Waals surface area (Å²) in [5, 5.41) is 10.0. The molecule has 0 radical (unpaired) electrons. The van der Waals surface area contributed by atoms with E-state index in [0.29, 0.717) is 6.04 Å². The van der Waals surface area contributed by atoms with Crippen LogP contribution in [0.15, 0.2) is 18.2 Å². The second-order valence-corrected chi connectivity index (χ2v) is 11.7. The Bertz CT molecular complexity index is 909. The van der Waals surface area contributed by atoms with Gasteiger partial charge in [-0.25, -0.2) is 0 Å². The average Bonchev–Trinajstić information content (AvgIpc) is 3.01. The maximum absolute atomic E-state index is 13.5. The van der Waals surface area contributed by atoms with Crippen LogP contribution in [-0.4, -0.2) is 65.5 Å². The van der Waals surface area contributed by atoms with Crippen molar-refractivity contribution in [2.75, 3.05) is 18.0 Å². The monoisotopic (exact) mass is 440 g/mol. The smallest absolute Gasteiger partial charge is 0.399 e. The zero-order valence-corrected chi connectivity index (χ0v) is 20.4. The highest BCUT2D eigenvalue weighted by molar-refractivity contribution is 6.62. The summed E-state index contributed by atoms with van der Waals surface area (Å²) in [5.41, 5.74) is 1.73. The van der Waals surface area contributed by atoms with E-state index in [9.17, 15) is 9.90 Å². The Balaban J connectivity index is 1.39. The largest absolute Gasteiger partial charge is 0.494 e. The highest BCUT2D eigenvalue weighted by Gasteiger charge is 2.54. The number of nitrogens with zero attached hydrogens (tertiary/aromatic N) is 2. The van der Waals surface area contributed by atoms with Gasteiger partial charge in [0.2, 0.25) is 5.91 Å². The van der Waals surface area contributed by atoms with Gasteiger partial charge in [-0.15, -0.1) is 0 Å². The van der Waals surface area contributed by atoms with Crippen molar-refractivity contribution in [3.8, 4) is 0 Å². The summed E-state index contributed by atoms with van der Waals surface area (Å²) >= 11 is 0. The minimum atomic E-state index is -0.532. The number of likely N-dealkylation sites (tertiary alicyclic amines) is 1. The van der Waals surface area contributed by atoms with Crippen LogP contribution >= 0.6 is 0 Å². The van der Waals surface area contributed by atoms with Crippen LogP contribution in [0.3, 0.4) is 0 Å². The fourth-order valence-electron chi connectivity index (χ4n) is 5.67. The zero-order valence-electron chi connectivity index (χ0n) is 20.4. The van der Waals surface area contributed by atoms with Crippen molar-refractivity contribution in [1.82, 2.24) is 4.90 Å². The average molecular weight is 440 g/mol. The number of benzene rings is 1. The van der Waals surface area contributed by atoms with Gasteiger partial charge in [0.1, 0.15) is 0 Å². The maximum atomic E-state index is 13.5. The summed E-state index contributed by atoms with van der Waals surface area (Å²) < 4.78 is 12.6. The van der Waals surface area contributed by atoms with Crippen molar-refractivity contribution in [3.05, 3.63) is 23.8 Å². The summed E-state index contributed by atoms with van der Waals surface area (Å²) in [5.74, 6) is 0.181. The number of carbonyl (C=O) groups excluding carboxylic acids is 1. The first kappa shape index (κ1) is 22.4. The molecule has 1 N–H and O–H groups in total. The van der Waals surface area contributed by atoms with E-state index in [1.807, 2.05) is 18.7 Å². The number of hydrogen-bond acceptors (Lipinski definition) is 5. The molecule has 1 aliphatic carbocycles. The van der Waals surface area contributed by atoms with Crippen LogP contribution in [0.25, 0.3) is 0 Å². The van der Waals surface area contributed by atoms with Crippen molar-refractivity contribution >= 4 is 24.2 Å². The minimum absolute atomic E-state index is 0.181. The molecule has 1 saturated carbocycles. The molecule has 0 bridgehead atoms. The van der Waals surface area contributed by atoms with Crippen molar-refractivity contribution in [2.24, 2.45) is 0 Å². The van der Waals surface area contributed by atoms with Crippen LogP contribution in [0.5, 0.6) is 0 Å². The number of aliphatic hydroxyl groups excluding tert-OH is 1. The standard InChI is InChI=1S/C25H37BN2O4/c1-23(2)20-10-9-16(26-31-24(3,4)25(5,6)32-26)12-21(20)28(22(23)30)18-13-17(14-18)27-11-7-8-19(29)15-27/h9-10,12,17-19,29H,7-8,11,13-15H2,1-6H3/t17-,18+,19-/m0/s1. The molecule has 0 aromatic heterocycles. The summed E-state index contributed by atoms with van der Waals surface area (Å²) in [7, 11) is -0.435. The predicted octanol–water partition coefficient (Wildman–Crippen LogP) is 2.60. The van der Waals surface area contributed by atoms with Gasteiger partial charge in [0.15, 0.2) is 0 Å². The first-order valence-electron chi connectivity index (χ1n) is 12.2. The van der Waals surface area contributed by atoms with E-state index < -0.39 is 23.7 Å². The Hall–Kier alpha value is -1.41. The number of aliphatic hydroxyl groups is 1. The van der Waals surface area contributed by atoms with Gasteiger partial charge in [-0.1, -0.05) is 12.1 Å². The van der Waals surface area contributed by atoms with Gasteiger partial charge in [0, 0.05) is 24.3 Å². The SMILES string of the molecule is CC1(C)C(=O)N([C@H]2C[C@@H](N3CCC[C@H](O)C3)C2)c2cc(B3OC(C)(C)C(C)(C)O3)ccc21. The van der Waals surface area contributed by atoms with Crippen molar-refractivity contribution in [2.45, 2.75) is 102 Å². The Labute approximate surface area is 192 Å². The molecule has 32 heavy (non-hydrogen) atoms. The third-order valence-corrected chi connectivity index (χ3v) is 8.63. The molecule has 1 atom stereocenters. The van der Waals surface area contributed by atoms with Crippen LogP contribution in [0.4, 0.5) is 5.69 Å². The van der Waals surface area contributed by atoms with Gasteiger partial charge in [-0.05, 0) is 90.9 Å². The Morgan fingerprint density at radius 1 is 1.03 bits per heavy atom. The molecule has 1 aromatic rings. The number of amides is 1. The van der Waals surface area contributed by atoms with E-state index in [4.69, 9.17) is 9.31 Å². The number of β-amino-alcohol motifs (C(OH)–C–C–N with tert-alkyl or cyclic N) is 1. The van der Waals surface area contributed by atoms with E-state index in [-0.39, 0.29) is 18.1 Å². The molecule has 6 nitrogen and oxygen atoms in total. The number of hydrogen-bond donors (Lipinski definition) is 1. The van der Waals surface area contributed by atoms with Crippen molar-refractivity contribution in [1.29, 1.82) is 0 Å². The molecule has 3 fully saturated rings. The third kappa shape index (κ3) is 3.35.